The predicted octanol–water partition coefficient (Wildman–Crippen LogP) is 4.75. The van der Waals surface area contributed by atoms with Crippen LogP contribution in [0, 0.1) is 19.7 Å². The Balaban J connectivity index is 2.13. The molecule has 0 saturated carbocycles. The van der Waals surface area contributed by atoms with Crippen molar-refractivity contribution in [2.75, 3.05) is 5.32 Å². The van der Waals surface area contributed by atoms with Gasteiger partial charge in [-0.15, -0.1) is 0 Å². The van der Waals surface area contributed by atoms with Crippen molar-refractivity contribution in [2.45, 2.75) is 13.8 Å². The highest BCUT2D eigenvalue weighted by atomic mass is 35.5. The van der Waals surface area contributed by atoms with Crippen LogP contribution in [-0.4, -0.2) is 5.91 Å². The van der Waals surface area contributed by atoms with Gasteiger partial charge in [0.2, 0.25) is 5.91 Å². The number of amides is 1. The molecule has 2 nitrogen and oxygen atoms in total. The molecule has 0 aromatic heterocycles. The van der Waals surface area contributed by atoms with Crippen LogP contribution in [0.2, 0.25) is 5.02 Å². The largest absolute Gasteiger partial charge is 0.322 e. The molecule has 2 aromatic carbocycles. The number of rotatable bonds is 3. The van der Waals surface area contributed by atoms with Crippen molar-refractivity contribution in [1.82, 2.24) is 0 Å². The van der Waals surface area contributed by atoms with Gasteiger partial charge < -0.3 is 5.32 Å². The van der Waals surface area contributed by atoms with Gasteiger partial charge in [0.25, 0.3) is 0 Å². The van der Waals surface area contributed by atoms with Crippen LogP contribution in [0.1, 0.15) is 16.7 Å². The summed E-state index contributed by atoms with van der Waals surface area (Å²) >= 11 is 5.89. The van der Waals surface area contributed by atoms with E-state index in [1.54, 1.807) is 6.07 Å². The molecule has 0 aliphatic heterocycles. The summed E-state index contributed by atoms with van der Waals surface area (Å²) in [6, 6.07) is 10.2. The highest BCUT2D eigenvalue weighted by molar-refractivity contribution is 6.32. The van der Waals surface area contributed by atoms with E-state index < -0.39 is 5.82 Å². The third-order valence-corrected chi connectivity index (χ3v) is 3.22. The zero-order valence-corrected chi connectivity index (χ0v) is 12.5. The topological polar surface area (TPSA) is 29.1 Å². The number of aryl methyl sites for hydroxylation is 2. The smallest absolute Gasteiger partial charge is 0.248 e. The Bertz CT molecular complexity index is 669. The molecular formula is C17H15ClFNO. The van der Waals surface area contributed by atoms with E-state index in [0.717, 1.165) is 11.1 Å². The molecule has 2 rings (SSSR count). The van der Waals surface area contributed by atoms with E-state index in [4.69, 9.17) is 11.6 Å². The van der Waals surface area contributed by atoms with Crippen molar-refractivity contribution < 1.29 is 9.18 Å². The van der Waals surface area contributed by atoms with E-state index in [-0.39, 0.29) is 16.5 Å². The van der Waals surface area contributed by atoms with Gasteiger partial charge in [-0.1, -0.05) is 23.7 Å². The van der Waals surface area contributed by atoms with Crippen LogP contribution in [0.25, 0.3) is 6.08 Å². The molecule has 0 saturated heterocycles. The number of benzene rings is 2. The number of carbonyl (C=O) groups is 1. The molecule has 0 radical (unpaired) electrons. The SMILES string of the molecule is Cc1cc(C)cc(NC(=O)/C=C/c2c(F)cccc2Cl)c1. The Morgan fingerprint density at radius 2 is 1.86 bits per heavy atom. The molecule has 0 spiro atoms. The molecule has 0 heterocycles. The highest BCUT2D eigenvalue weighted by Crippen LogP contribution is 2.20. The van der Waals surface area contributed by atoms with Crippen LogP contribution in [0.3, 0.4) is 0 Å². The normalized spacial score (nSPS) is 10.9. The number of anilines is 1. The van der Waals surface area contributed by atoms with Crippen LogP contribution < -0.4 is 5.32 Å². The molecule has 1 amide bonds. The lowest BCUT2D eigenvalue weighted by molar-refractivity contribution is -0.111. The zero-order valence-electron chi connectivity index (χ0n) is 11.8. The molecule has 0 atom stereocenters. The molecule has 0 bridgehead atoms. The Hall–Kier alpha value is -2.13. The Morgan fingerprint density at radius 1 is 1.19 bits per heavy atom. The maximum Gasteiger partial charge on any atom is 0.248 e. The van der Waals surface area contributed by atoms with Gasteiger partial charge in [0.1, 0.15) is 5.82 Å². The van der Waals surface area contributed by atoms with Crippen molar-refractivity contribution in [2.24, 2.45) is 0 Å². The monoisotopic (exact) mass is 303 g/mol. The van der Waals surface area contributed by atoms with E-state index in [2.05, 4.69) is 5.32 Å². The fourth-order valence-electron chi connectivity index (χ4n) is 2.06. The summed E-state index contributed by atoms with van der Waals surface area (Å²) in [7, 11) is 0. The second-order valence-electron chi connectivity index (χ2n) is 4.83. The third-order valence-electron chi connectivity index (χ3n) is 2.89. The summed E-state index contributed by atoms with van der Waals surface area (Å²) < 4.78 is 13.6. The average Bonchev–Trinajstić information content (AvgIpc) is 2.36. The minimum atomic E-state index is -0.460. The summed E-state index contributed by atoms with van der Waals surface area (Å²) in [6.45, 7) is 3.91. The Morgan fingerprint density at radius 3 is 2.48 bits per heavy atom. The number of carbonyl (C=O) groups excluding carboxylic acids is 1. The third kappa shape index (κ3) is 4.17. The summed E-state index contributed by atoms with van der Waals surface area (Å²) in [6.07, 6.45) is 2.64. The van der Waals surface area contributed by atoms with Crippen LogP contribution in [0.4, 0.5) is 10.1 Å². The first-order chi connectivity index (χ1) is 9.95. The van der Waals surface area contributed by atoms with Crippen molar-refractivity contribution >= 4 is 29.3 Å². The summed E-state index contributed by atoms with van der Waals surface area (Å²) in [4.78, 5) is 11.9. The lowest BCUT2D eigenvalue weighted by Gasteiger charge is -2.05. The highest BCUT2D eigenvalue weighted by Gasteiger charge is 2.04. The molecule has 0 aliphatic rings. The maximum absolute atomic E-state index is 13.6. The van der Waals surface area contributed by atoms with Crippen molar-refractivity contribution in [1.29, 1.82) is 0 Å². The number of hydrogen-bond acceptors (Lipinski definition) is 1. The second-order valence-corrected chi connectivity index (χ2v) is 5.24. The van der Waals surface area contributed by atoms with E-state index in [1.807, 2.05) is 32.0 Å². The van der Waals surface area contributed by atoms with Crippen molar-refractivity contribution in [3.8, 4) is 0 Å². The molecule has 0 unspecified atom stereocenters. The molecule has 0 fully saturated rings. The number of nitrogens with one attached hydrogen (secondary N) is 1. The summed E-state index contributed by atoms with van der Waals surface area (Å²) in [5, 5.41) is 3.01. The first-order valence-electron chi connectivity index (χ1n) is 6.47. The standard InChI is InChI=1S/C17H15ClFNO/c1-11-8-12(2)10-13(9-11)20-17(21)7-6-14-15(18)4-3-5-16(14)19/h3-10H,1-2H3,(H,20,21)/b7-6+. The summed E-state index contributed by atoms with van der Waals surface area (Å²) in [5.74, 6) is -0.794. The van der Waals surface area contributed by atoms with E-state index in [1.165, 1.54) is 24.3 Å². The zero-order chi connectivity index (χ0) is 15.4. The van der Waals surface area contributed by atoms with Gasteiger partial charge in [-0.25, -0.2) is 4.39 Å². The molecule has 0 aliphatic carbocycles. The van der Waals surface area contributed by atoms with Crippen molar-refractivity contribution in [3.63, 3.8) is 0 Å². The molecule has 1 N–H and O–H groups in total. The first kappa shape index (κ1) is 15.3. The Labute approximate surface area is 128 Å². The van der Waals surface area contributed by atoms with E-state index >= 15 is 0 Å². The molecule has 2 aromatic rings. The van der Waals surface area contributed by atoms with Gasteiger partial charge in [0.15, 0.2) is 0 Å². The van der Waals surface area contributed by atoms with Gasteiger partial charge in [0.05, 0.1) is 5.02 Å². The van der Waals surface area contributed by atoms with E-state index in [9.17, 15) is 9.18 Å². The lowest BCUT2D eigenvalue weighted by Crippen LogP contribution is -2.08. The number of halogens is 2. The van der Waals surface area contributed by atoms with Gasteiger partial charge >= 0.3 is 0 Å². The number of hydrogen-bond donors (Lipinski definition) is 1. The Kier molecular flexibility index (Phi) is 4.76. The van der Waals surface area contributed by atoms with Gasteiger partial charge in [0, 0.05) is 17.3 Å². The van der Waals surface area contributed by atoms with Crippen LogP contribution >= 0.6 is 11.6 Å². The van der Waals surface area contributed by atoms with Gasteiger partial charge in [-0.2, -0.15) is 0 Å². The molecule has 21 heavy (non-hydrogen) atoms. The second kappa shape index (κ2) is 6.55. The van der Waals surface area contributed by atoms with Crippen molar-refractivity contribution in [3.05, 3.63) is 70.0 Å². The minimum absolute atomic E-state index is 0.203. The van der Waals surface area contributed by atoms with Crippen LogP contribution in [0.15, 0.2) is 42.5 Å². The molecular weight excluding hydrogens is 289 g/mol. The van der Waals surface area contributed by atoms with E-state index in [0.29, 0.717) is 5.69 Å². The predicted molar refractivity (Wildman–Crippen MR) is 85.0 cm³/mol. The van der Waals surface area contributed by atoms with Crippen LogP contribution in [-0.2, 0) is 4.79 Å². The van der Waals surface area contributed by atoms with Gasteiger partial charge in [-0.05, 0) is 55.3 Å². The fraction of sp³-hybridized carbons (Fsp3) is 0.118. The van der Waals surface area contributed by atoms with Crippen LogP contribution in [0.5, 0.6) is 0 Å². The molecule has 4 heteroatoms. The first-order valence-corrected chi connectivity index (χ1v) is 6.85. The van der Waals surface area contributed by atoms with Gasteiger partial charge in [-0.3, -0.25) is 4.79 Å². The lowest BCUT2D eigenvalue weighted by atomic mass is 10.1. The molecule has 108 valence electrons. The fourth-order valence-corrected chi connectivity index (χ4v) is 2.29. The maximum atomic E-state index is 13.6. The summed E-state index contributed by atoms with van der Waals surface area (Å²) in [5.41, 5.74) is 3.04. The quantitative estimate of drug-likeness (QED) is 0.815. The minimum Gasteiger partial charge on any atom is -0.322 e. The average molecular weight is 304 g/mol.